The molecule has 0 unspecified atom stereocenters. The molecule has 4 nitrogen and oxygen atoms in total. The number of halogens is 1. The normalized spacial score (nSPS) is 26.2. The lowest BCUT2D eigenvalue weighted by Crippen LogP contribution is -2.33. The van der Waals surface area contributed by atoms with E-state index in [0.717, 1.165) is 18.5 Å². The highest BCUT2D eigenvalue weighted by Crippen LogP contribution is 2.37. The number of anilines is 1. The number of nitrogen functional groups attached to an aromatic ring is 1. The van der Waals surface area contributed by atoms with Crippen LogP contribution in [0.25, 0.3) is 0 Å². The van der Waals surface area contributed by atoms with E-state index in [1.54, 1.807) is 7.11 Å². The van der Waals surface area contributed by atoms with Gasteiger partial charge in [0, 0.05) is 7.11 Å². The Morgan fingerprint density at radius 3 is 2.64 bits per heavy atom. The topological polar surface area (TPSA) is 53.1 Å². The van der Waals surface area contributed by atoms with Gasteiger partial charge in [-0.05, 0) is 19.8 Å². The second kappa shape index (κ2) is 3.44. The molecule has 78 valence electrons. The van der Waals surface area contributed by atoms with E-state index in [4.69, 9.17) is 22.1 Å². The highest BCUT2D eigenvalue weighted by atomic mass is 35.5. The van der Waals surface area contributed by atoms with Gasteiger partial charge in [-0.15, -0.1) is 0 Å². The minimum absolute atomic E-state index is 0.350. The van der Waals surface area contributed by atoms with Crippen LogP contribution in [0.2, 0.25) is 5.02 Å². The molecule has 1 heterocycles. The van der Waals surface area contributed by atoms with Crippen LogP contribution in [0.3, 0.4) is 0 Å². The van der Waals surface area contributed by atoms with Crippen LogP contribution < -0.4 is 5.73 Å². The summed E-state index contributed by atoms with van der Waals surface area (Å²) in [6.45, 7) is 1.86. The number of hydrogen-bond acceptors (Lipinski definition) is 3. The van der Waals surface area contributed by atoms with E-state index < -0.39 is 0 Å². The molecule has 2 N–H and O–H groups in total. The molecule has 0 amide bonds. The van der Waals surface area contributed by atoms with Crippen molar-refractivity contribution in [3.8, 4) is 0 Å². The summed E-state index contributed by atoms with van der Waals surface area (Å²) in [6, 6.07) is 0.353. The van der Waals surface area contributed by atoms with E-state index in [9.17, 15) is 0 Å². The summed E-state index contributed by atoms with van der Waals surface area (Å²) in [5, 5.41) is 4.88. The van der Waals surface area contributed by atoms with Gasteiger partial charge in [0.05, 0.1) is 17.8 Å². The van der Waals surface area contributed by atoms with Crippen LogP contribution in [-0.2, 0) is 4.74 Å². The van der Waals surface area contributed by atoms with E-state index in [0.29, 0.717) is 23.0 Å². The van der Waals surface area contributed by atoms with Gasteiger partial charge in [-0.2, -0.15) is 5.10 Å². The molecule has 0 spiro atoms. The van der Waals surface area contributed by atoms with Gasteiger partial charge in [0.25, 0.3) is 0 Å². The van der Waals surface area contributed by atoms with Crippen molar-refractivity contribution in [2.24, 2.45) is 0 Å². The molecule has 5 heteroatoms. The first-order valence-corrected chi connectivity index (χ1v) is 5.04. The molecule has 0 bridgehead atoms. The van der Waals surface area contributed by atoms with E-state index in [1.165, 1.54) is 0 Å². The molecule has 0 atom stereocenters. The number of rotatable bonds is 2. The van der Waals surface area contributed by atoms with Crippen LogP contribution >= 0.6 is 11.6 Å². The fraction of sp³-hybridized carbons (Fsp3) is 0.667. The van der Waals surface area contributed by atoms with E-state index in [1.807, 2.05) is 11.6 Å². The van der Waals surface area contributed by atoms with E-state index >= 15 is 0 Å². The Hall–Kier alpha value is -0.740. The lowest BCUT2D eigenvalue weighted by molar-refractivity contribution is 0.00314. The average molecular weight is 216 g/mol. The number of ether oxygens (including phenoxy) is 1. The van der Waals surface area contributed by atoms with Gasteiger partial charge in [-0.1, -0.05) is 11.6 Å². The van der Waals surface area contributed by atoms with Crippen molar-refractivity contribution in [1.29, 1.82) is 0 Å². The second-order valence-electron chi connectivity index (χ2n) is 3.71. The molecule has 1 aromatic heterocycles. The third-order valence-electron chi connectivity index (χ3n) is 2.80. The number of nitrogens with zero attached hydrogens (tertiary/aromatic N) is 2. The maximum absolute atomic E-state index is 5.95. The third kappa shape index (κ3) is 1.38. The van der Waals surface area contributed by atoms with Crippen molar-refractivity contribution < 1.29 is 4.74 Å². The number of aromatic nitrogens is 2. The zero-order valence-corrected chi connectivity index (χ0v) is 9.08. The first-order chi connectivity index (χ1) is 6.63. The molecule has 2 rings (SSSR count). The van der Waals surface area contributed by atoms with Crippen molar-refractivity contribution in [3.05, 3.63) is 10.7 Å². The first kappa shape index (κ1) is 9.80. The Labute approximate surface area is 88.0 Å². The smallest absolute Gasteiger partial charge is 0.141 e. The molecule has 1 aliphatic carbocycles. The second-order valence-corrected chi connectivity index (χ2v) is 4.09. The van der Waals surface area contributed by atoms with Gasteiger partial charge in [-0.25, -0.2) is 4.68 Å². The number of methoxy groups -OCH3 is 1. The minimum atomic E-state index is 0.350. The van der Waals surface area contributed by atoms with Crippen molar-refractivity contribution in [3.63, 3.8) is 0 Å². The lowest BCUT2D eigenvalue weighted by Gasteiger charge is -2.34. The highest BCUT2D eigenvalue weighted by molar-refractivity contribution is 6.33. The summed E-state index contributed by atoms with van der Waals surface area (Å²) >= 11 is 5.95. The van der Waals surface area contributed by atoms with Gasteiger partial charge < -0.3 is 10.5 Å². The van der Waals surface area contributed by atoms with Crippen LogP contribution in [-0.4, -0.2) is 23.0 Å². The standard InChI is InChI=1S/C9H14ClN3O/c1-5-8(10)9(11)13(12-5)6-3-7(4-6)14-2/h6-7H,3-4,11H2,1-2H3. The molecular weight excluding hydrogens is 202 g/mol. The molecule has 1 saturated carbocycles. The molecule has 14 heavy (non-hydrogen) atoms. The predicted octanol–water partition coefficient (Wildman–Crippen LogP) is 1.78. The van der Waals surface area contributed by atoms with Gasteiger partial charge in [-0.3, -0.25) is 0 Å². The Morgan fingerprint density at radius 1 is 1.57 bits per heavy atom. The summed E-state index contributed by atoms with van der Waals surface area (Å²) < 4.78 is 7.01. The lowest BCUT2D eigenvalue weighted by atomic mass is 9.89. The van der Waals surface area contributed by atoms with Gasteiger partial charge in [0.15, 0.2) is 0 Å². The summed E-state index contributed by atoms with van der Waals surface area (Å²) in [6.07, 6.45) is 2.29. The maximum atomic E-state index is 5.95. The third-order valence-corrected chi connectivity index (χ3v) is 3.26. The molecule has 1 aromatic rings. The number of hydrogen-bond donors (Lipinski definition) is 1. The van der Waals surface area contributed by atoms with Crippen LogP contribution in [0.4, 0.5) is 5.82 Å². The van der Waals surface area contributed by atoms with Gasteiger partial charge in [0.1, 0.15) is 10.8 Å². The summed E-state index contributed by atoms with van der Waals surface area (Å²) in [5.41, 5.74) is 6.62. The fourth-order valence-corrected chi connectivity index (χ4v) is 1.88. The highest BCUT2D eigenvalue weighted by Gasteiger charge is 2.32. The SMILES string of the molecule is COC1CC(n2nc(C)c(Cl)c2N)C1. The Kier molecular flexibility index (Phi) is 2.41. The van der Waals surface area contributed by atoms with Gasteiger partial charge >= 0.3 is 0 Å². The molecule has 1 fully saturated rings. The summed E-state index contributed by atoms with van der Waals surface area (Å²) in [4.78, 5) is 0. The quantitative estimate of drug-likeness (QED) is 0.818. The van der Waals surface area contributed by atoms with E-state index in [2.05, 4.69) is 5.10 Å². The Morgan fingerprint density at radius 2 is 2.21 bits per heavy atom. The molecule has 0 radical (unpaired) electrons. The van der Waals surface area contributed by atoms with Crippen molar-refractivity contribution in [1.82, 2.24) is 9.78 Å². The molecular formula is C9H14ClN3O. The fourth-order valence-electron chi connectivity index (χ4n) is 1.75. The number of nitrogens with two attached hydrogens (primary N) is 1. The Balaban J connectivity index is 2.15. The van der Waals surface area contributed by atoms with Crippen molar-refractivity contribution >= 4 is 17.4 Å². The zero-order valence-electron chi connectivity index (χ0n) is 8.33. The van der Waals surface area contributed by atoms with Crippen LogP contribution in [0.5, 0.6) is 0 Å². The van der Waals surface area contributed by atoms with Crippen LogP contribution in [0, 0.1) is 6.92 Å². The summed E-state index contributed by atoms with van der Waals surface area (Å²) in [5.74, 6) is 0.573. The van der Waals surface area contributed by atoms with Gasteiger partial charge in [0.2, 0.25) is 0 Å². The minimum Gasteiger partial charge on any atom is -0.383 e. The predicted molar refractivity (Wildman–Crippen MR) is 55.5 cm³/mol. The Bertz CT molecular complexity index is 344. The zero-order chi connectivity index (χ0) is 10.3. The van der Waals surface area contributed by atoms with Crippen molar-refractivity contribution in [2.45, 2.75) is 31.9 Å². The largest absolute Gasteiger partial charge is 0.383 e. The van der Waals surface area contributed by atoms with Crippen LogP contribution in [0.15, 0.2) is 0 Å². The van der Waals surface area contributed by atoms with E-state index in [-0.39, 0.29) is 0 Å². The monoisotopic (exact) mass is 215 g/mol. The molecule has 1 aliphatic rings. The molecule has 0 aromatic carbocycles. The average Bonchev–Trinajstić information content (AvgIpc) is 2.32. The molecule has 0 aliphatic heterocycles. The summed E-state index contributed by atoms with van der Waals surface area (Å²) in [7, 11) is 1.73. The number of aryl methyl sites for hydroxylation is 1. The first-order valence-electron chi connectivity index (χ1n) is 4.66. The molecule has 0 saturated heterocycles. The van der Waals surface area contributed by atoms with Crippen LogP contribution in [0.1, 0.15) is 24.6 Å². The van der Waals surface area contributed by atoms with Crippen molar-refractivity contribution in [2.75, 3.05) is 12.8 Å². The maximum Gasteiger partial charge on any atom is 0.141 e.